The van der Waals surface area contributed by atoms with Crippen LogP contribution < -0.4 is 10.2 Å². The molecule has 2 heterocycles. The molecule has 0 bridgehead atoms. The fourth-order valence-electron chi connectivity index (χ4n) is 5.25. The first-order valence-corrected chi connectivity index (χ1v) is 10.0. The lowest BCUT2D eigenvalue weighted by Gasteiger charge is -2.29. The third kappa shape index (κ3) is 2.71. The van der Waals surface area contributed by atoms with Crippen LogP contribution in [-0.2, 0) is 11.3 Å². The molecule has 1 amide bonds. The number of ketones is 1. The van der Waals surface area contributed by atoms with Gasteiger partial charge in [0, 0.05) is 6.04 Å². The second-order valence-electron chi connectivity index (χ2n) is 8.04. The van der Waals surface area contributed by atoms with E-state index in [9.17, 15) is 9.59 Å². The van der Waals surface area contributed by atoms with Crippen LogP contribution in [0.5, 0.6) is 0 Å². The van der Waals surface area contributed by atoms with Gasteiger partial charge in [-0.05, 0) is 48.4 Å². The molecule has 3 atom stereocenters. The van der Waals surface area contributed by atoms with Crippen LogP contribution in [0.4, 0.5) is 5.69 Å². The number of fused-ring (bicyclic) bond motifs is 2. The smallest absolute Gasteiger partial charge is 0.299 e. The van der Waals surface area contributed by atoms with Gasteiger partial charge in [-0.1, -0.05) is 55.3 Å². The second kappa shape index (κ2) is 6.61. The molecule has 4 nitrogen and oxygen atoms in total. The number of hydrogen-bond donors (Lipinski definition) is 1. The highest BCUT2D eigenvalue weighted by Gasteiger charge is 2.43. The van der Waals surface area contributed by atoms with E-state index in [0.29, 0.717) is 23.9 Å². The summed E-state index contributed by atoms with van der Waals surface area (Å²) >= 11 is 0. The summed E-state index contributed by atoms with van der Waals surface area (Å²) in [6.45, 7) is 1.46. The van der Waals surface area contributed by atoms with Gasteiger partial charge in [0.05, 0.1) is 17.8 Å². The summed E-state index contributed by atoms with van der Waals surface area (Å²) in [6, 6.07) is 16.0. The highest BCUT2D eigenvalue weighted by atomic mass is 16.2. The van der Waals surface area contributed by atoms with Gasteiger partial charge < -0.3 is 10.2 Å². The number of nitrogens with one attached hydrogen (secondary N) is 1. The lowest BCUT2D eigenvalue weighted by molar-refractivity contribution is -0.114. The molecule has 0 spiro atoms. The van der Waals surface area contributed by atoms with Crippen molar-refractivity contribution in [2.45, 2.75) is 38.3 Å². The molecule has 2 aromatic carbocycles. The summed E-state index contributed by atoms with van der Waals surface area (Å²) in [5.41, 5.74) is 3.45. The summed E-state index contributed by atoms with van der Waals surface area (Å²) < 4.78 is 0. The maximum Gasteiger partial charge on any atom is 0.299 e. The van der Waals surface area contributed by atoms with E-state index >= 15 is 0 Å². The van der Waals surface area contributed by atoms with Crippen LogP contribution in [0.25, 0.3) is 0 Å². The SMILES string of the molecule is O=C1C(=O)N(Cc2ccccc2)c2cccc(C3NCC4CCCCC43)c21. The fraction of sp³-hybridized carbons (Fsp3) is 0.391. The third-order valence-electron chi connectivity index (χ3n) is 6.55. The van der Waals surface area contributed by atoms with Crippen molar-refractivity contribution in [2.24, 2.45) is 11.8 Å². The predicted molar refractivity (Wildman–Crippen MR) is 105 cm³/mol. The van der Waals surface area contributed by atoms with Crippen molar-refractivity contribution >= 4 is 17.4 Å². The third-order valence-corrected chi connectivity index (χ3v) is 6.55. The molecule has 3 aliphatic rings. The first kappa shape index (κ1) is 16.7. The molecule has 2 fully saturated rings. The molecule has 0 aromatic heterocycles. The summed E-state index contributed by atoms with van der Waals surface area (Å²) in [5, 5.41) is 3.66. The first-order valence-electron chi connectivity index (χ1n) is 10.0. The van der Waals surface area contributed by atoms with Crippen molar-refractivity contribution in [3.63, 3.8) is 0 Å². The molecule has 1 aliphatic carbocycles. The molecule has 27 heavy (non-hydrogen) atoms. The molecule has 2 aliphatic heterocycles. The van der Waals surface area contributed by atoms with Crippen LogP contribution in [0.1, 0.15) is 53.2 Å². The topological polar surface area (TPSA) is 49.4 Å². The van der Waals surface area contributed by atoms with Crippen molar-refractivity contribution in [2.75, 3.05) is 11.4 Å². The average Bonchev–Trinajstić information content (AvgIpc) is 3.24. The van der Waals surface area contributed by atoms with Crippen LogP contribution in [-0.4, -0.2) is 18.2 Å². The monoisotopic (exact) mass is 360 g/mol. The molecule has 1 saturated heterocycles. The van der Waals surface area contributed by atoms with Gasteiger partial charge in [0.25, 0.3) is 11.7 Å². The number of hydrogen-bond acceptors (Lipinski definition) is 3. The van der Waals surface area contributed by atoms with E-state index in [0.717, 1.165) is 23.4 Å². The molecular formula is C23H24N2O2. The Bertz CT molecular complexity index is 893. The maximum atomic E-state index is 12.9. The van der Waals surface area contributed by atoms with Crippen LogP contribution in [0.3, 0.4) is 0 Å². The maximum absolute atomic E-state index is 12.9. The van der Waals surface area contributed by atoms with Crippen LogP contribution in [0.2, 0.25) is 0 Å². The minimum atomic E-state index is -0.403. The van der Waals surface area contributed by atoms with Crippen molar-refractivity contribution in [1.82, 2.24) is 5.32 Å². The highest BCUT2D eigenvalue weighted by Crippen LogP contribution is 2.46. The minimum absolute atomic E-state index is 0.193. The summed E-state index contributed by atoms with van der Waals surface area (Å²) in [4.78, 5) is 27.3. The number of amides is 1. The van der Waals surface area contributed by atoms with Gasteiger partial charge >= 0.3 is 0 Å². The van der Waals surface area contributed by atoms with Crippen LogP contribution in [0.15, 0.2) is 48.5 Å². The van der Waals surface area contributed by atoms with E-state index in [1.807, 2.05) is 48.5 Å². The lowest BCUT2D eigenvalue weighted by Crippen LogP contribution is -2.29. The van der Waals surface area contributed by atoms with Crippen molar-refractivity contribution < 1.29 is 9.59 Å². The normalized spacial score (nSPS) is 27.0. The van der Waals surface area contributed by atoms with Crippen molar-refractivity contribution in [3.8, 4) is 0 Å². The number of nitrogens with zero attached hydrogens (tertiary/aromatic N) is 1. The van der Waals surface area contributed by atoms with Crippen LogP contribution in [0, 0.1) is 11.8 Å². The average molecular weight is 360 g/mol. The van der Waals surface area contributed by atoms with E-state index in [2.05, 4.69) is 5.32 Å². The Labute approximate surface area is 159 Å². The standard InChI is InChI=1S/C23H24N2O2/c26-22-20-18(21-17-10-5-4-9-16(17)13-24-21)11-6-12-19(20)25(23(22)27)14-15-7-2-1-3-8-15/h1-3,6-8,11-12,16-17,21,24H,4-5,9-10,13-14H2. The molecule has 1 N–H and O–H groups in total. The summed E-state index contributed by atoms with van der Waals surface area (Å²) in [5.74, 6) is 0.528. The highest BCUT2D eigenvalue weighted by molar-refractivity contribution is 6.52. The number of carbonyl (C=O) groups is 2. The Morgan fingerprint density at radius 1 is 0.963 bits per heavy atom. The molecule has 1 saturated carbocycles. The lowest BCUT2D eigenvalue weighted by atomic mass is 9.76. The van der Waals surface area contributed by atoms with Gasteiger partial charge in [-0.15, -0.1) is 0 Å². The van der Waals surface area contributed by atoms with E-state index in [-0.39, 0.29) is 11.8 Å². The Morgan fingerprint density at radius 3 is 2.63 bits per heavy atom. The van der Waals surface area contributed by atoms with Crippen molar-refractivity contribution in [1.29, 1.82) is 0 Å². The minimum Gasteiger partial charge on any atom is -0.309 e. The van der Waals surface area contributed by atoms with Gasteiger partial charge in [-0.25, -0.2) is 0 Å². The zero-order chi connectivity index (χ0) is 18.4. The number of rotatable bonds is 3. The Balaban J connectivity index is 1.52. The summed E-state index contributed by atoms with van der Waals surface area (Å²) in [7, 11) is 0. The van der Waals surface area contributed by atoms with Crippen LogP contribution >= 0.6 is 0 Å². The Morgan fingerprint density at radius 2 is 1.78 bits per heavy atom. The predicted octanol–water partition coefficient (Wildman–Crippen LogP) is 3.87. The fourth-order valence-corrected chi connectivity index (χ4v) is 5.25. The summed E-state index contributed by atoms with van der Waals surface area (Å²) in [6.07, 6.45) is 5.06. The van der Waals surface area contributed by atoms with E-state index in [1.165, 1.54) is 25.7 Å². The van der Waals surface area contributed by atoms with E-state index < -0.39 is 5.91 Å². The molecular weight excluding hydrogens is 336 g/mol. The van der Waals surface area contributed by atoms with Gasteiger partial charge in [-0.2, -0.15) is 0 Å². The van der Waals surface area contributed by atoms with Gasteiger partial charge in [-0.3, -0.25) is 9.59 Å². The second-order valence-corrected chi connectivity index (χ2v) is 8.04. The quantitative estimate of drug-likeness (QED) is 0.846. The van der Waals surface area contributed by atoms with Gasteiger partial charge in [0.1, 0.15) is 0 Å². The zero-order valence-electron chi connectivity index (χ0n) is 15.4. The molecule has 2 aromatic rings. The molecule has 138 valence electrons. The van der Waals surface area contributed by atoms with E-state index in [4.69, 9.17) is 0 Å². The Hall–Kier alpha value is -2.46. The van der Waals surface area contributed by atoms with E-state index in [1.54, 1.807) is 4.90 Å². The van der Waals surface area contributed by atoms with Gasteiger partial charge in [0.15, 0.2) is 0 Å². The Kier molecular flexibility index (Phi) is 4.09. The number of anilines is 1. The molecule has 5 rings (SSSR count). The molecule has 3 unspecified atom stereocenters. The number of Topliss-reactive ketones (excluding diaryl/α,β-unsaturated/α-hetero) is 1. The number of carbonyl (C=O) groups excluding carboxylic acids is 2. The molecule has 0 radical (unpaired) electrons. The van der Waals surface area contributed by atoms with Gasteiger partial charge in [0.2, 0.25) is 0 Å². The molecule has 4 heteroatoms. The number of benzene rings is 2. The van der Waals surface area contributed by atoms with Crippen molar-refractivity contribution in [3.05, 3.63) is 65.2 Å². The first-order chi connectivity index (χ1) is 13.2. The zero-order valence-corrected chi connectivity index (χ0v) is 15.4. The largest absolute Gasteiger partial charge is 0.309 e.